The van der Waals surface area contributed by atoms with Gasteiger partial charge in [0.15, 0.2) is 0 Å². The molecule has 42 heavy (non-hydrogen) atoms. The van der Waals surface area contributed by atoms with E-state index in [2.05, 4.69) is 36.8 Å². The van der Waals surface area contributed by atoms with Crippen molar-refractivity contribution in [2.45, 2.75) is 115 Å². The Morgan fingerprint density at radius 3 is 1.10 bits per heavy atom. The Morgan fingerprint density at radius 1 is 0.500 bits per heavy atom. The fourth-order valence-corrected chi connectivity index (χ4v) is 5.97. The van der Waals surface area contributed by atoms with E-state index in [-0.39, 0.29) is 11.9 Å². The fraction of sp³-hybridized carbons (Fsp3) is 0.722. The molecule has 0 atom stereocenters. The summed E-state index contributed by atoms with van der Waals surface area (Å²) in [6.07, 6.45) is 20.2. The van der Waals surface area contributed by atoms with Gasteiger partial charge in [-0.1, -0.05) is 36.8 Å². The van der Waals surface area contributed by atoms with Gasteiger partial charge in [0.1, 0.15) is 0 Å². The Morgan fingerprint density at radius 2 is 0.786 bits per heavy atom. The van der Waals surface area contributed by atoms with Gasteiger partial charge in [-0.25, -0.2) is 9.59 Å². The van der Waals surface area contributed by atoms with Crippen LogP contribution in [0.25, 0.3) is 0 Å². The van der Waals surface area contributed by atoms with Crippen molar-refractivity contribution in [2.75, 3.05) is 26.4 Å². The lowest BCUT2D eigenvalue weighted by Crippen LogP contribution is -2.22. The van der Waals surface area contributed by atoms with Crippen LogP contribution < -0.4 is 0 Å². The van der Waals surface area contributed by atoms with Gasteiger partial charge in [-0.05, 0) is 103 Å². The number of hydrogen-bond acceptors (Lipinski definition) is 6. The lowest BCUT2D eigenvalue weighted by atomic mass is 9.81. The lowest BCUT2D eigenvalue weighted by Gasteiger charge is -2.27. The van der Waals surface area contributed by atoms with Gasteiger partial charge in [-0.2, -0.15) is 0 Å². The first-order chi connectivity index (χ1) is 20.6. The van der Waals surface area contributed by atoms with E-state index in [4.69, 9.17) is 18.9 Å². The molecule has 3 aliphatic carbocycles. The predicted molar refractivity (Wildman–Crippen MR) is 165 cm³/mol. The minimum atomic E-state index is -0.357. The maximum atomic E-state index is 11.0. The molecule has 3 aliphatic rings. The van der Waals surface area contributed by atoms with Gasteiger partial charge in [-0.15, -0.1) is 0 Å². The number of esters is 2. The molecular weight excluding hydrogens is 528 g/mol. The molecule has 6 heteroatoms. The number of unbranched alkanes of at least 4 members (excludes halogenated alkanes) is 2. The maximum absolute atomic E-state index is 11.0. The van der Waals surface area contributed by atoms with Crippen LogP contribution in [0.15, 0.2) is 25.3 Å². The molecule has 3 saturated carbocycles. The summed E-state index contributed by atoms with van der Waals surface area (Å²) in [6, 6.07) is 0. The fourth-order valence-electron chi connectivity index (χ4n) is 5.97. The summed E-state index contributed by atoms with van der Waals surface area (Å²) in [6.45, 7) is 9.12. The van der Waals surface area contributed by atoms with E-state index in [1.165, 1.54) is 37.8 Å². The smallest absolute Gasteiger partial charge is 0.330 e. The number of ether oxygens (including phenoxy) is 4. The molecule has 0 aromatic heterocycles. The average Bonchev–Trinajstić information content (AvgIpc) is 3.03. The predicted octanol–water partition coefficient (Wildman–Crippen LogP) is 6.97. The highest BCUT2D eigenvalue weighted by Gasteiger charge is 2.23. The van der Waals surface area contributed by atoms with Gasteiger partial charge in [0.25, 0.3) is 0 Å². The summed E-state index contributed by atoms with van der Waals surface area (Å²) >= 11 is 0. The highest BCUT2D eigenvalue weighted by atomic mass is 16.5. The molecule has 0 bridgehead atoms. The molecule has 0 spiro atoms. The molecule has 0 unspecified atom stereocenters. The summed E-state index contributed by atoms with van der Waals surface area (Å²) < 4.78 is 22.1. The number of carbonyl (C=O) groups excluding carboxylic acids is 2. The van der Waals surface area contributed by atoms with Gasteiger partial charge < -0.3 is 18.9 Å². The molecular formula is C36H52O6. The molecule has 0 aliphatic heterocycles. The quantitative estimate of drug-likeness (QED) is 0.0957. The second-order valence-corrected chi connectivity index (χ2v) is 12.0. The van der Waals surface area contributed by atoms with Gasteiger partial charge in [0.2, 0.25) is 0 Å². The van der Waals surface area contributed by atoms with Crippen LogP contribution in [0.5, 0.6) is 0 Å². The molecule has 3 rings (SSSR count). The summed E-state index contributed by atoms with van der Waals surface area (Å²) in [5.41, 5.74) is 0. The van der Waals surface area contributed by atoms with E-state index in [0.717, 1.165) is 90.3 Å². The Bertz CT molecular complexity index is 863. The van der Waals surface area contributed by atoms with Crippen LogP contribution in [-0.4, -0.2) is 50.6 Å². The summed E-state index contributed by atoms with van der Waals surface area (Å²) in [4.78, 5) is 22.1. The van der Waals surface area contributed by atoms with Crippen LogP contribution in [0.4, 0.5) is 0 Å². The summed E-state index contributed by atoms with van der Waals surface area (Å²) in [7, 11) is 0. The standard InChI is InChI=1S/C36H52O6/c1-3-35(37)41-27-7-5-25-39-33-21-17-31(18-22-33)15-13-29-9-11-30(12-10-29)14-16-32-19-23-34(24-20-32)40-26-6-8-28-42-36(38)4-2/h3-4,29-34H,1-2,5-12,17-28H2. The molecule has 0 saturated heterocycles. The Kier molecular flexibility index (Phi) is 16.5. The Balaban J connectivity index is 1.19. The minimum absolute atomic E-state index is 0.349. The third-order valence-electron chi connectivity index (χ3n) is 8.67. The second kappa shape index (κ2) is 20.4. The van der Waals surface area contributed by atoms with Crippen molar-refractivity contribution in [1.29, 1.82) is 0 Å². The molecule has 0 amide bonds. The topological polar surface area (TPSA) is 71.1 Å². The summed E-state index contributed by atoms with van der Waals surface area (Å²) in [5.74, 6) is 15.9. The third-order valence-corrected chi connectivity index (χ3v) is 8.67. The highest BCUT2D eigenvalue weighted by Crippen LogP contribution is 2.31. The normalized spacial score (nSPS) is 27.3. The number of hydrogen-bond donors (Lipinski definition) is 0. The Hall–Kier alpha value is -2.54. The molecule has 6 nitrogen and oxygen atoms in total. The van der Waals surface area contributed by atoms with Crippen LogP contribution in [0.3, 0.4) is 0 Å². The van der Waals surface area contributed by atoms with Crippen molar-refractivity contribution < 1.29 is 28.5 Å². The number of carbonyl (C=O) groups is 2. The molecule has 0 N–H and O–H groups in total. The van der Waals surface area contributed by atoms with Crippen molar-refractivity contribution in [3.63, 3.8) is 0 Å². The molecule has 0 aromatic rings. The molecule has 0 heterocycles. The van der Waals surface area contributed by atoms with E-state index in [9.17, 15) is 9.59 Å². The molecule has 3 fully saturated rings. The zero-order valence-corrected chi connectivity index (χ0v) is 25.6. The average molecular weight is 581 g/mol. The third kappa shape index (κ3) is 14.1. The maximum Gasteiger partial charge on any atom is 0.330 e. The van der Waals surface area contributed by atoms with Crippen LogP contribution >= 0.6 is 0 Å². The van der Waals surface area contributed by atoms with E-state index >= 15 is 0 Å². The van der Waals surface area contributed by atoms with Crippen molar-refractivity contribution in [2.24, 2.45) is 23.7 Å². The lowest BCUT2D eigenvalue weighted by molar-refractivity contribution is -0.138. The van der Waals surface area contributed by atoms with Crippen molar-refractivity contribution in [3.8, 4) is 23.7 Å². The Labute approximate surface area is 254 Å². The van der Waals surface area contributed by atoms with Gasteiger partial charge in [0.05, 0.1) is 25.4 Å². The number of rotatable bonds is 14. The van der Waals surface area contributed by atoms with Gasteiger partial charge in [0, 0.05) is 49.0 Å². The van der Waals surface area contributed by atoms with E-state index in [1.54, 1.807) is 0 Å². The van der Waals surface area contributed by atoms with E-state index < -0.39 is 0 Å². The first-order valence-corrected chi connectivity index (χ1v) is 16.4. The SMILES string of the molecule is C=CC(=O)OCCCCOC1CCC(C#CC2CCC(C#CC3CCC(OCCCCOC(=O)C=C)CC3)CC2)CC1. The van der Waals surface area contributed by atoms with Crippen LogP contribution in [-0.2, 0) is 28.5 Å². The first-order valence-electron chi connectivity index (χ1n) is 16.4. The van der Waals surface area contributed by atoms with Crippen LogP contribution in [0, 0.1) is 47.4 Å². The van der Waals surface area contributed by atoms with E-state index in [1.807, 2.05) is 0 Å². The van der Waals surface area contributed by atoms with Gasteiger partial charge >= 0.3 is 11.9 Å². The minimum Gasteiger partial charge on any atom is -0.463 e. The van der Waals surface area contributed by atoms with E-state index in [0.29, 0.717) is 49.1 Å². The van der Waals surface area contributed by atoms with Gasteiger partial charge in [-0.3, -0.25) is 0 Å². The van der Waals surface area contributed by atoms with Crippen molar-refractivity contribution in [3.05, 3.63) is 25.3 Å². The summed E-state index contributed by atoms with van der Waals surface area (Å²) in [5, 5.41) is 0. The zero-order chi connectivity index (χ0) is 29.8. The highest BCUT2D eigenvalue weighted by molar-refractivity contribution is 5.81. The van der Waals surface area contributed by atoms with Crippen LogP contribution in [0.1, 0.15) is 103 Å². The largest absolute Gasteiger partial charge is 0.463 e. The molecule has 232 valence electrons. The zero-order valence-electron chi connectivity index (χ0n) is 25.6. The molecule has 0 radical (unpaired) electrons. The first kappa shape index (κ1) is 34.0. The van der Waals surface area contributed by atoms with Crippen LogP contribution in [0.2, 0.25) is 0 Å². The van der Waals surface area contributed by atoms with Crippen molar-refractivity contribution in [1.82, 2.24) is 0 Å². The molecule has 0 aromatic carbocycles. The van der Waals surface area contributed by atoms with Crippen molar-refractivity contribution >= 4 is 11.9 Å². The monoisotopic (exact) mass is 580 g/mol. The second-order valence-electron chi connectivity index (χ2n) is 12.0.